The number of halogens is 1. The average molecular weight is 267 g/mol. The van der Waals surface area contributed by atoms with E-state index in [2.05, 4.69) is 4.98 Å². The maximum absolute atomic E-state index is 12.0. The van der Waals surface area contributed by atoms with Gasteiger partial charge in [-0.1, -0.05) is 23.7 Å². The number of rotatable bonds is 3. The van der Waals surface area contributed by atoms with Crippen molar-refractivity contribution in [2.24, 2.45) is 0 Å². The molecule has 0 unspecified atom stereocenters. The van der Waals surface area contributed by atoms with Gasteiger partial charge < -0.3 is 0 Å². The summed E-state index contributed by atoms with van der Waals surface area (Å²) in [6, 6.07) is 7.28. The number of carbonyl (C=O) groups excluding carboxylic acids is 1. The molecule has 2 rings (SSSR count). The van der Waals surface area contributed by atoms with E-state index >= 15 is 0 Å². The Labute approximate surface area is 109 Å². The van der Waals surface area contributed by atoms with Crippen molar-refractivity contribution < 1.29 is 4.79 Å². The van der Waals surface area contributed by atoms with Crippen molar-refractivity contribution in [3.8, 4) is 0 Å². The molecule has 0 N–H and O–H groups in total. The third-order valence-electron chi connectivity index (χ3n) is 2.35. The molecular weight excluding hydrogens is 256 g/mol. The molecule has 0 atom stereocenters. The minimum absolute atomic E-state index is 0.0160. The third kappa shape index (κ3) is 3.05. The summed E-state index contributed by atoms with van der Waals surface area (Å²) >= 11 is 7.23. The average Bonchev–Trinajstić information content (AvgIpc) is 2.84. The van der Waals surface area contributed by atoms with Crippen LogP contribution in [0.1, 0.15) is 5.56 Å². The summed E-state index contributed by atoms with van der Waals surface area (Å²) in [5, 5.41) is 3.24. The van der Waals surface area contributed by atoms with Crippen LogP contribution >= 0.6 is 22.9 Å². The highest BCUT2D eigenvalue weighted by atomic mass is 35.5. The van der Waals surface area contributed by atoms with Crippen molar-refractivity contribution in [1.29, 1.82) is 0 Å². The van der Waals surface area contributed by atoms with E-state index in [0.29, 0.717) is 16.6 Å². The van der Waals surface area contributed by atoms with E-state index in [1.165, 1.54) is 11.3 Å². The summed E-state index contributed by atoms with van der Waals surface area (Å²) < 4.78 is 0. The highest BCUT2D eigenvalue weighted by molar-refractivity contribution is 7.13. The lowest BCUT2D eigenvalue weighted by Gasteiger charge is -2.13. The molecule has 5 heteroatoms. The Morgan fingerprint density at radius 3 is 2.71 bits per heavy atom. The number of hydrogen-bond donors (Lipinski definition) is 0. The Morgan fingerprint density at radius 1 is 1.41 bits per heavy atom. The number of anilines is 1. The molecule has 17 heavy (non-hydrogen) atoms. The second kappa shape index (κ2) is 5.29. The third-order valence-corrected chi connectivity index (χ3v) is 3.45. The van der Waals surface area contributed by atoms with Crippen molar-refractivity contribution in [2.45, 2.75) is 6.42 Å². The van der Waals surface area contributed by atoms with E-state index in [1.807, 2.05) is 17.5 Å². The normalized spacial score (nSPS) is 10.2. The van der Waals surface area contributed by atoms with Crippen LogP contribution in [0, 0.1) is 0 Å². The van der Waals surface area contributed by atoms with Gasteiger partial charge in [0.15, 0.2) is 5.13 Å². The molecule has 0 fully saturated rings. The minimum Gasteiger partial charge on any atom is -0.291 e. The first-order valence-corrected chi connectivity index (χ1v) is 6.33. The molecule has 88 valence electrons. The van der Waals surface area contributed by atoms with Crippen LogP contribution in [0.2, 0.25) is 5.02 Å². The molecule has 0 aliphatic rings. The topological polar surface area (TPSA) is 33.2 Å². The minimum atomic E-state index is 0.0160. The molecule has 1 amide bonds. The van der Waals surface area contributed by atoms with E-state index in [4.69, 9.17) is 11.6 Å². The van der Waals surface area contributed by atoms with Crippen molar-refractivity contribution in [3.05, 3.63) is 46.4 Å². The Hall–Kier alpha value is -1.39. The lowest BCUT2D eigenvalue weighted by Crippen LogP contribution is -2.27. The molecule has 1 aromatic carbocycles. The second-order valence-corrected chi connectivity index (χ2v) is 4.88. The van der Waals surface area contributed by atoms with Gasteiger partial charge in [0.2, 0.25) is 5.91 Å². The molecule has 0 aliphatic heterocycles. The van der Waals surface area contributed by atoms with Crippen molar-refractivity contribution >= 4 is 34.0 Å². The maximum atomic E-state index is 12.0. The lowest BCUT2D eigenvalue weighted by atomic mass is 10.1. The summed E-state index contributed by atoms with van der Waals surface area (Å²) in [6.07, 6.45) is 2.04. The van der Waals surface area contributed by atoms with E-state index in [0.717, 1.165) is 5.56 Å². The zero-order valence-corrected chi connectivity index (χ0v) is 10.8. The van der Waals surface area contributed by atoms with Gasteiger partial charge in [-0.2, -0.15) is 0 Å². The van der Waals surface area contributed by atoms with Gasteiger partial charge >= 0.3 is 0 Å². The van der Waals surface area contributed by atoms with Gasteiger partial charge in [-0.25, -0.2) is 4.98 Å². The van der Waals surface area contributed by atoms with E-state index in [9.17, 15) is 4.79 Å². The number of likely N-dealkylation sites (N-methyl/N-ethyl adjacent to an activating group) is 1. The van der Waals surface area contributed by atoms with Crippen molar-refractivity contribution in [3.63, 3.8) is 0 Å². The van der Waals surface area contributed by atoms with Crippen LogP contribution in [-0.2, 0) is 11.2 Å². The number of benzene rings is 1. The summed E-state index contributed by atoms with van der Waals surface area (Å²) in [5.41, 5.74) is 0.947. The van der Waals surface area contributed by atoms with Crippen LogP contribution < -0.4 is 4.90 Å². The standard InChI is InChI=1S/C12H11ClN2OS/c1-15(12-14-6-7-17-12)11(16)8-9-2-4-10(13)5-3-9/h2-7H,8H2,1H3. The highest BCUT2D eigenvalue weighted by Crippen LogP contribution is 2.17. The number of carbonyl (C=O) groups is 1. The van der Waals surface area contributed by atoms with E-state index in [-0.39, 0.29) is 5.91 Å². The molecule has 0 saturated heterocycles. The number of thiazole rings is 1. The molecule has 0 saturated carbocycles. The fraction of sp³-hybridized carbons (Fsp3) is 0.167. The van der Waals surface area contributed by atoms with E-state index < -0.39 is 0 Å². The van der Waals surface area contributed by atoms with Gasteiger partial charge in [0.25, 0.3) is 0 Å². The number of amides is 1. The zero-order chi connectivity index (χ0) is 12.3. The molecule has 2 aromatic rings. The largest absolute Gasteiger partial charge is 0.291 e. The molecule has 0 spiro atoms. The Balaban J connectivity index is 2.04. The van der Waals surface area contributed by atoms with Gasteiger partial charge in [0.1, 0.15) is 0 Å². The summed E-state index contributed by atoms with van der Waals surface area (Å²) in [6.45, 7) is 0. The molecule has 1 heterocycles. The van der Waals surface area contributed by atoms with Crippen LogP contribution in [0.5, 0.6) is 0 Å². The lowest BCUT2D eigenvalue weighted by molar-refractivity contribution is -0.117. The molecule has 1 aromatic heterocycles. The van der Waals surface area contributed by atoms with Crippen LogP contribution in [0.15, 0.2) is 35.8 Å². The molecule has 0 bridgehead atoms. The van der Waals surface area contributed by atoms with Gasteiger partial charge in [0, 0.05) is 23.6 Å². The van der Waals surface area contributed by atoms with Crippen LogP contribution in [-0.4, -0.2) is 17.9 Å². The fourth-order valence-corrected chi connectivity index (χ4v) is 2.13. The van der Waals surface area contributed by atoms with Gasteiger partial charge in [0.05, 0.1) is 6.42 Å². The predicted octanol–water partition coefficient (Wildman–Crippen LogP) is 3.00. The van der Waals surface area contributed by atoms with Crippen LogP contribution in [0.3, 0.4) is 0 Å². The first kappa shape index (κ1) is 12.1. The van der Waals surface area contributed by atoms with Gasteiger partial charge in [-0.15, -0.1) is 11.3 Å². The fourth-order valence-electron chi connectivity index (χ4n) is 1.38. The SMILES string of the molecule is CN(C(=O)Cc1ccc(Cl)cc1)c1nccs1. The monoisotopic (exact) mass is 266 g/mol. The molecule has 3 nitrogen and oxygen atoms in total. The van der Waals surface area contributed by atoms with E-state index in [1.54, 1.807) is 30.3 Å². The Kier molecular flexibility index (Phi) is 3.76. The summed E-state index contributed by atoms with van der Waals surface area (Å²) in [4.78, 5) is 17.6. The van der Waals surface area contributed by atoms with Crippen LogP contribution in [0.4, 0.5) is 5.13 Å². The molecule has 0 aliphatic carbocycles. The first-order chi connectivity index (χ1) is 8.16. The molecular formula is C12H11ClN2OS. The number of aromatic nitrogens is 1. The Bertz CT molecular complexity index is 496. The van der Waals surface area contributed by atoms with Gasteiger partial charge in [-0.3, -0.25) is 9.69 Å². The number of hydrogen-bond acceptors (Lipinski definition) is 3. The van der Waals surface area contributed by atoms with Crippen molar-refractivity contribution in [2.75, 3.05) is 11.9 Å². The Morgan fingerprint density at radius 2 is 2.12 bits per heavy atom. The molecule has 0 radical (unpaired) electrons. The van der Waals surface area contributed by atoms with Crippen molar-refractivity contribution in [1.82, 2.24) is 4.98 Å². The number of nitrogens with zero attached hydrogens (tertiary/aromatic N) is 2. The second-order valence-electron chi connectivity index (χ2n) is 3.57. The zero-order valence-electron chi connectivity index (χ0n) is 9.26. The summed E-state index contributed by atoms with van der Waals surface area (Å²) in [5.74, 6) is 0.0160. The first-order valence-electron chi connectivity index (χ1n) is 5.07. The summed E-state index contributed by atoms with van der Waals surface area (Å²) in [7, 11) is 1.73. The predicted molar refractivity (Wildman–Crippen MR) is 70.7 cm³/mol. The smallest absolute Gasteiger partial charge is 0.232 e. The highest BCUT2D eigenvalue weighted by Gasteiger charge is 2.13. The quantitative estimate of drug-likeness (QED) is 0.856. The van der Waals surface area contributed by atoms with Gasteiger partial charge in [-0.05, 0) is 17.7 Å². The van der Waals surface area contributed by atoms with Crippen LogP contribution in [0.25, 0.3) is 0 Å². The maximum Gasteiger partial charge on any atom is 0.232 e.